The third-order valence-electron chi connectivity index (χ3n) is 2.19. The monoisotopic (exact) mass is 314 g/mol. The summed E-state index contributed by atoms with van der Waals surface area (Å²) in [5.74, 6) is 0.0375. The summed E-state index contributed by atoms with van der Waals surface area (Å²) in [5.41, 5.74) is 0.665. The Hall–Kier alpha value is -0.640. The number of rotatable bonds is 2. The largest absolute Gasteiger partial charge is 0.288 e. The van der Waals surface area contributed by atoms with Crippen LogP contribution in [-0.2, 0) is 0 Å². The van der Waals surface area contributed by atoms with Crippen LogP contribution in [0.1, 0.15) is 20.1 Å². The van der Waals surface area contributed by atoms with Crippen LogP contribution in [0.3, 0.4) is 0 Å². The molecule has 1 heterocycles. The molecule has 4 heteroatoms. The Bertz CT molecular complexity index is 511. The molecule has 0 radical (unpaired) electrons. The molecular formula is C12H8BrClOS. The van der Waals surface area contributed by atoms with Gasteiger partial charge in [-0.05, 0) is 53.2 Å². The third kappa shape index (κ3) is 2.37. The van der Waals surface area contributed by atoms with Crippen LogP contribution in [0.15, 0.2) is 34.8 Å². The van der Waals surface area contributed by atoms with Crippen LogP contribution < -0.4 is 0 Å². The van der Waals surface area contributed by atoms with Crippen LogP contribution in [0.4, 0.5) is 0 Å². The third-order valence-corrected chi connectivity index (χ3v) is 4.57. The molecule has 1 aromatic heterocycles. The second kappa shape index (κ2) is 4.70. The van der Waals surface area contributed by atoms with Gasteiger partial charge in [0.05, 0.1) is 4.88 Å². The van der Waals surface area contributed by atoms with Gasteiger partial charge in [-0.2, -0.15) is 0 Å². The Balaban J connectivity index is 2.35. The van der Waals surface area contributed by atoms with Gasteiger partial charge in [-0.3, -0.25) is 4.79 Å². The average molecular weight is 316 g/mol. The second-order valence-electron chi connectivity index (χ2n) is 3.35. The molecule has 2 aromatic rings. The van der Waals surface area contributed by atoms with Gasteiger partial charge in [0.1, 0.15) is 0 Å². The van der Waals surface area contributed by atoms with Crippen LogP contribution >= 0.6 is 38.9 Å². The summed E-state index contributed by atoms with van der Waals surface area (Å²) in [6.07, 6.45) is 0. The molecule has 0 spiro atoms. The molecule has 0 saturated heterocycles. The van der Waals surface area contributed by atoms with Crippen molar-refractivity contribution in [1.29, 1.82) is 0 Å². The first kappa shape index (κ1) is 11.8. The molecule has 0 aliphatic carbocycles. The van der Waals surface area contributed by atoms with E-state index in [4.69, 9.17) is 11.6 Å². The minimum Gasteiger partial charge on any atom is -0.288 e. The quantitative estimate of drug-likeness (QED) is 0.734. The van der Waals surface area contributed by atoms with Gasteiger partial charge in [-0.1, -0.05) is 11.6 Å². The highest BCUT2D eigenvalue weighted by atomic mass is 79.9. The second-order valence-corrected chi connectivity index (χ2v) is 5.90. The van der Waals surface area contributed by atoms with Crippen molar-refractivity contribution in [2.45, 2.75) is 6.92 Å². The molecule has 0 unspecified atom stereocenters. The standard InChI is InChI=1S/C12H8BrClOS/c1-7-10(13)6-11(16-7)12(15)8-2-4-9(14)5-3-8/h2-6H,1H3. The fourth-order valence-corrected chi connectivity index (χ4v) is 2.94. The normalized spacial score (nSPS) is 10.4. The number of hydrogen-bond acceptors (Lipinski definition) is 2. The Morgan fingerprint density at radius 1 is 1.31 bits per heavy atom. The molecule has 0 amide bonds. The van der Waals surface area contributed by atoms with E-state index >= 15 is 0 Å². The minimum atomic E-state index is 0.0375. The Morgan fingerprint density at radius 2 is 1.94 bits per heavy atom. The molecule has 16 heavy (non-hydrogen) atoms. The maximum absolute atomic E-state index is 12.1. The topological polar surface area (TPSA) is 17.1 Å². The lowest BCUT2D eigenvalue weighted by atomic mass is 10.1. The maximum atomic E-state index is 12.1. The van der Waals surface area contributed by atoms with Crippen LogP contribution in [-0.4, -0.2) is 5.78 Å². The molecule has 2 rings (SSSR count). The van der Waals surface area contributed by atoms with Crippen molar-refractivity contribution < 1.29 is 4.79 Å². The van der Waals surface area contributed by atoms with E-state index in [9.17, 15) is 4.79 Å². The lowest BCUT2D eigenvalue weighted by molar-refractivity contribution is 0.104. The molecule has 0 N–H and O–H groups in total. The zero-order valence-electron chi connectivity index (χ0n) is 8.46. The molecule has 0 bridgehead atoms. The highest BCUT2D eigenvalue weighted by Crippen LogP contribution is 2.28. The van der Waals surface area contributed by atoms with E-state index in [0.717, 1.165) is 14.2 Å². The molecule has 0 aliphatic heterocycles. The van der Waals surface area contributed by atoms with Crippen LogP contribution in [0.25, 0.3) is 0 Å². The minimum absolute atomic E-state index is 0.0375. The number of halogens is 2. The number of ketones is 1. The molecule has 82 valence electrons. The lowest BCUT2D eigenvalue weighted by Gasteiger charge is -1.97. The summed E-state index contributed by atoms with van der Waals surface area (Å²) in [5, 5.41) is 0.639. The summed E-state index contributed by atoms with van der Waals surface area (Å²) in [6, 6.07) is 8.80. The smallest absolute Gasteiger partial charge is 0.202 e. The summed E-state index contributed by atoms with van der Waals surface area (Å²) in [4.78, 5) is 13.9. The van der Waals surface area contributed by atoms with Crippen molar-refractivity contribution >= 4 is 44.7 Å². The number of thiophene rings is 1. The molecule has 0 fully saturated rings. The zero-order valence-corrected chi connectivity index (χ0v) is 11.6. The van der Waals surface area contributed by atoms with E-state index < -0.39 is 0 Å². The van der Waals surface area contributed by atoms with Gasteiger partial charge in [0, 0.05) is 19.9 Å². The molecular weight excluding hydrogens is 308 g/mol. The molecule has 0 aliphatic rings. The van der Waals surface area contributed by atoms with Gasteiger partial charge in [0.25, 0.3) is 0 Å². The summed E-state index contributed by atoms with van der Waals surface area (Å²) in [6.45, 7) is 1.98. The van der Waals surface area contributed by atoms with Crippen molar-refractivity contribution in [3.8, 4) is 0 Å². The fraction of sp³-hybridized carbons (Fsp3) is 0.0833. The number of aryl methyl sites for hydroxylation is 1. The van der Waals surface area contributed by atoms with E-state index in [1.807, 2.05) is 13.0 Å². The van der Waals surface area contributed by atoms with E-state index in [0.29, 0.717) is 10.6 Å². The number of carbonyl (C=O) groups excluding carboxylic acids is 1. The zero-order chi connectivity index (χ0) is 11.7. The first-order valence-electron chi connectivity index (χ1n) is 4.64. The average Bonchev–Trinajstić information content (AvgIpc) is 2.59. The SMILES string of the molecule is Cc1sc(C(=O)c2ccc(Cl)cc2)cc1Br. The van der Waals surface area contributed by atoms with Crippen LogP contribution in [0, 0.1) is 6.92 Å². The first-order valence-corrected chi connectivity index (χ1v) is 6.63. The maximum Gasteiger partial charge on any atom is 0.202 e. The molecule has 0 atom stereocenters. The van der Waals surface area contributed by atoms with E-state index in [1.54, 1.807) is 24.3 Å². The summed E-state index contributed by atoms with van der Waals surface area (Å²) >= 11 is 10.7. The van der Waals surface area contributed by atoms with Gasteiger partial charge >= 0.3 is 0 Å². The Labute approximate surface area is 111 Å². The molecule has 1 nitrogen and oxygen atoms in total. The molecule has 0 saturated carbocycles. The predicted octanol–water partition coefficient (Wildman–Crippen LogP) is 4.70. The highest BCUT2D eigenvalue weighted by Gasteiger charge is 2.13. The molecule has 1 aromatic carbocycles. The van der Waals surface area contributed by atoms with Gasteiger partial charge in [-0.15, -0.1) is 11.3 Å². The van der Waals surface area contributed by atoms with Crippen molar-refractivity contribution in [2.24, 2.45) is 0 Å². The lowest BCUT2D eigenvalue weighted by Crippen LogP contribution is -1.97. The van der Waals surface area contributed by atoms with Crippen molar-refractivity contribution in [3.63, 3.8) is 0 Å². The van der Waals surface area contributed by atoms with Gasteiger partial charge < -0.3 is 0 Å². The van der Waals surface area contributed by atoms with Crippen molar-refractivity contribution in [3.05, 3.63) is 55.1 Å². The van der Waals surface area contributed by atoms with Crippen molar-refractivity contribution in [2.75, 3.05) is 0 Å². The van der Waals surface area contributed by atoms with Gasteiger partial charge in [-0.25, -0.2) is 0 Å². The van der Waals surface area contributed by atoms with Crippen LogP contribution in [0.5, 0.6) is 0 Å². The first-order chi connectivity index (χ1) is 7.58. The number of carbonyl (C=O) groups is 1. The van der Waals surface area contributed by atoms with E-state index in [2.05, 4.69) is 15.9 Å². The van der Waals surface area contributed by atoms with Crippen LogP contribution in [0.2, 0.25) is 5.02 Å². The van der Waals surface area contributed by atoms with Gasteiger partial charge in [0.15, 0.2) is 0 Å². The summed E-state index contributed by atoms with van der Waals surface area (Å²) < 4.78 is 0.981. The van der Waals surface area contributed by atoms with Gasteiger partial charge in [0.2, 0.25) is 5.78 Å². The summed E-state index contributed by atoms with van der Waals surface area (Å²) in [7, 11) is 0. The fourth-order valence-electron chi connectivity index (χ4n) is 1.32. The van der Waals surface area contributed by atoms with E-state index in [1.165, 1.54) is 11.3 Å². The Kier molecular flexibility index (Phi) is 3.47. The number of hydrogen-bond donors (Lipinski definition) is 0. The number of benzene rings is 1. The predicted molar refractivity (Wildman–Crippen MR) is 71.6 cm³/mol. The highest BCUT2D eigenvalue weighted by molar-refractivity contribution is 9.10. The van der Waals surface area contributed by atoms with Crippen molar-refractivity contribution in [1.82, 2.24) is 0 Å². The Morgan fingerprint density at radius 3 is 2.44 bits per heavy atom. The van der Waals surface area contributed by atoms with E-state index in [-0.39, 0.29) is 5.78 Å².